The summed E-state index contributed by atoms with van der Waals surface area (Å²) in [4.78, 5) is 1.80. The molecule has 2 atom stereocenters. The van der Waals surface area contributed by atoms with E-state index in [1.165, 1.54) is 7.11 Å². The largest absolute Gasteiger partial charge is 0.389 e. The van der Waals surface area contributed by atoms with Crippen LogP contribution in [0.15, 0.2) is 0 Å². The van der Waals surface area contributed by atoms with E-state index < -0.39 is 11.5 Å². The highest BCUT2D eigenvalue weighted by Gasteiger charge is 2.11. The molecule has 0 saturated heterocycles. The molecule has 1 N–H and O–H groups in total. The van der Waals surface area contributed by atoms with Crippen LogP contribution in [0, 0.1) is 11.3 Å². The smallest absolute Gasteiger partial charge is 0.133 e. The van der Waals surface area contributed by atoms with Gasteiger partial charge in [0.25, 0.3) is 0 Å². The summed E-state index contributed by atoms with van der Waals surface area (Å²) in [5, 5.41) is 17.2. The molecule has 0 aliphatic rings. The fourth-order valence-electron chi connectivity index (χ4n) is 0.994. The van der Waals surface area contributed by atoms with Gasteiger partial charge in [0.05, 0.1) is 18.8 Å². The van der Waals surface area contributed by atoms with Crippen molar-refractivity contribution in [3.63, 3.8) is 0 Å². The molecule has 0 aromatic heterocycles. The topological polar surface area (TPSA) is 56.5 Å². The Morgan fingerprint density at radius 1 is 1.62 bits per heavy atom. The average Bonchev–Trinajstić information content (AvgIpc) is 2.04. The number of aliphatic hydroxyl groups is 1. The zero-order valence-corrected chi connectivity index (χ0v) is 8.66. The summed E-state index contributed by atoms with van der Waals surface area (Å²) in [7, 11) is 3.33. The van der Waals surface area contributed by atoms with E-state index in [2.05, 4.69) is 0 Å². The van der Waals surface area contributed by atoms with Crippen molar-refractivity contribution in [2.24, 2.45) is 0 Å². The van der Waals surface area contributed by atoms with Gasteiger partial charge in [0.15, 0.2) is 0 Å². The fraction of sp³-hybridized carbons (Fsp3) is 0.875. The molecule has 0 heterocycles. The van der Waals surface area contributed by atoms with Gasteiger partial charge in [-0.3, -0.25) is 0 Å². The number of methoxy groups -OCH3 is 1. The lowest BCUT2D eigenvalue weighted by atomic mass is 10.3. The van der Waals surface area contributed by atoms with E-state index in [0.717, 1.165) is 0 Å². The molecule has 0 rings (SSSR count). The first-order valence-corrected chi connectivity index (χ1v) is 4.43. The van der Waals surface area contributed by atoms with E-state index in [-0.39, 0.29) is 0 Å². The monoisotopic (exact) mass is 206 g/mol. The third-order valence-electron chi connectivity index (χ3n) is 1.49. The van der Waals surface area contributed by atoms with Gasteiger partial charge >= 0.3 is 0 Å². The summed E-state index contributed by atoms with van der Waals surface area (Å²) in [5.74, 6) is 0. The van der Waals surface area contributed by atoms with Gasteiger partial charge in [-0.1, -0.05) is 0 Å². The van der Waals surface area contributed by atoms with Crippen LogP contribution in [0.4, 0.5) is 0 Å². The first-order chi connectivity index (χ1) is 6.10. The summed E-state index contributed by atoms with van der Waals surface area (Å²) < 4.78 is 4.76. The highest BCUT2D eigenvalue weighted by Crippen LogP contribution is 1.98. The van der Waals surface area contributed by atoms with Crippen LogP contribution in [0.3, 0.4) is 0 Å². The van der Waals surface area contributed by atoms with E-state index in [1.54, 1.807) is 11.9 Å². The third-order valence-corrected chi connectivity index (χ3v) is 1.73. The molecule has 2 unspecified atom stereocenters. The number of ether oxygens (including phenoxy) is 1. The molecular weight excluding hydrogens is 192 g/mol. The van der Waals surface area contributed by atoms with Crippen LogP contribution in [0.1, 0.15) is 0 Å². The van der Waals surface area contributed by atoms with Gasteiger partial charge in [-0.15, -0.1) is 11.6 Å². The second kappa shape index (κ2) is 7.10. The minimum Gasteiger partial charge on any atom is -0.389 e. The number of nitriles is 1. The van der Waals surface area contributed by atoms with Crippen molar-refractivity contribution in [3.05, 3.63) is 0 Å². The Labute approximate surface area is 83.7 Å². The van der Waals surface area contributed by atoms with Gasteiger partial charge in [-0.2, -0.15) is 5.26 Å². The highest BCUT2D eigenvalue weighted by atomic mass is 35.5. The molecule has 0 radical (unpaired) electrons. The minimum atomic E-state index is -0.530. The number of likely N-dealkylation sites (N-methyl/N-ethyl adjacent to an activating group) is 1. The maximum atomic E-state index is 9.31. The van der Waals surface area contributed by atoms with Crippen molar-refractivity contribution in [1.29, 1.82) is 5.26 Å². The molecule has 13 heavy (non-hydrogen) atoms. The maximum Gasteiger partial charge on any atom is 0.133 e. The van der Waals surface area contributed by atoms with Crippen LogP contribution in [0.2, 0.25) is 0 Å². The van der Waals surface area contributed by atoms with Crippen molar-refractivity contribution in [3.8, 4) is 6.07 Å². The number of hydrogen-bond donors (Lipinski definition) is 1. The Hall–Kier alpha value is -0.340. The van der Waals surface area contributed by atoms with E-state index in [0.29, 0.717) is 19.7 Å². The number of hydrogen-bond acceptors (Lipinski definition) is 4. The molecule has 4 nitrogen and oxygen atoms in total. The van der Waals surface area contributed by atoms with Crippen LogP contribution in [0.5, 0.6) is 0 Å². The second-order valence-electron chi connectivity index (χ2n) is 2.93. The second-order valence-corrected chi connectivity index (χ2v) is 3.45. The van der Waals surface area contributed by atoms with E-state index in [1.807, 2.05) is 6.07 Å². The Kier molecular flexibility index (Phi) is 6.92. The summed E-state index contributed by atoms with van der Waals surface area (Å²) in [6, 6.07) is 1.91. The van der Waals surface area contributed by atoms with Crippen molar-refractivity contribution in [2.45, 2.75) is 11.5 Å². The SMILES string of the molecule is COCC(O)CN(C)CC(Cl)C#N. The lowest BCUT2D eigenvalue weighted by Gasteiger charge is -2.20. The van der Waals surface area contributed by atoms with Gasteiger partial charge in [0.2, 0.25) is 0 Å². The number of alkyl halides is 1. The summed E-state index contributed by atoms with van der Waals surface area (Å²) >= 11 is 5.60. The summed E-state index contributed by atoms with van der Waals surface area (Å²) in [6.07, 6.45) is -0.530. The molecular formula is C8H15ClN2O2. The normalized spacial score (nSPS) is 15.4. The van der Waals surface area contributed by atoms with E-state index >= 15 is 0 Å². The molecule has 76 valence electrons. The zero-order valence-electron chi connectivity index (χ0n) is 7.90. The van der Waals surface area contributed by atoms with E-state index in [9.17, 15) is 5.11 Å². The number of nitrogens with zero attached hydrogens (tertiary/aromatic N) is 2. The van der Waals surface area contributed by atoms with Gasteiger partial charge in [-0.05, 0) is 7.05 Å². The van der Waals surface area contributed by atoms with Crippen LogP contribution in [0.25, 0.3) is 0 Å². The molecule has 0 aliphatic carbocycles. The minimum absolute atomic E-state index is 0.295. The molecule has 0 saturated carbocycles. The van der Waals surface area contributed by atoms with Crippen LogP contribution >= 0.6 is 11.6 Å². The van der Waals surface area contributed by atoms with Crippen molar-refractivity contribution >= 4 is 11.6 Å². The number of aliphatic hydroxyl groups excluding tert-OH is 1. The van der Waals surface area contributed by atoms with Crippen LogP contribution in [-0.2, 0) is 4.74 Å². The summed E-state index contributed by atoms with van der Waals surface area (Å²) in [6.45, 7) is 1.20. The van der Waals surface area contributed by atoms with Crippen molar-refractivity contribution < 1.29 is 9.84 Å². The lowest BCUT2D eigenvalue weighted by Crippen LogP contribution is -2.35. The maximum absolute atomic E-state index is 9.31. The van der Waals surface area contributed by atoms with Gasteiger partial charge in [0, 0.05) is 20.2 Å². The molecule has 0 bridgehead atoms. The van der Waals surface area contributed by atoms with Gasteiger partial charge in [0.1, 0.15) is 5.38 Å². The quantitative estimate of drug-likeness (QED) is 0.625. The predicted molar refractivity (Wildman–Crippen MR) is 50.6 cm³/mol. The first kappa shape index (κ1) is 12.7. The molecule has 0 aliphatic heterocycles. The molecule has 0 fully saturated rings. The van der Waals surface area contributed by atoms with Crippen LogP contribution < -0.4 is 0 Å². The molecule has 0 amide bonds. The van der Waals surface area contributed by atoms with Crippen LogP contribution in [-0.4, -0.2) is 55.3 Å². The average molecular weight is 207 g/mol. The Balaban J connectivity index is 3.61. The molecule has 0 aromatic rings. The Bertz CT molecular complexity index is 172. The molecule has 0 aromatic carbocycles. The van der Waals surface area contributed by atoms with Gasteiger partial charge < -0.3 is 14.7 Å². The third kappa shape index (κ3) is 6.79. The first-order valence-electron chi connectivity index (χ1n) is 3.99. The van der Waals surface area contributed by atoms with E-state index in [4.69, 9.17) is 21.6 Å². The molecule has 0 spiro atoms. The van der Waals surface area contributed by atoms with Crippen molar-refractivity contribution in [2.75, 3.05) is 33.9 Å². The fourth-order valence-corrected chi connectivity index (χ4v) is 1.23. The van der Waals surface area contributed by atoms with Crippen molar-refractivity contribution in [1.82, 2.24) is 4.90 Å². The summed E-state index contributed by atoms with van der Waals surface area (Å²) in [5.41, 5.74) is 0. The predicted octanol–water partition coefficient (Wildman–Crippen LogP) is 0.0565. The number of halogens is 1. The van der Waals surface area contributed by atoms with Gasteiger partial charge in [-0.25, -0.2) is 0 Å². The standard InChI is InChI=1S/C8H15ClN2O2/c1-11(4-7(9)3-10)5-8(12)6-13-2/h7-8,12H,4-6H2,1-2H3. The molecule has 5 heteroatoms. The Morgan fingerprint density at radius 3 is 2.69 bits per heavy atom. The zero-order chi connectivity index (χ0) is 10.3. The lowest BCUT2D eigenvalue weighted by molar-refractivity contribution is 0.0438. The number of rotatable bonds is 6. The highest BCUT2D eigenvalue weighted by molar-refractivity contribution is 6.22. The Morgan fingerprint density at radius 2 is 2.23 bits per heavy atom.